The van der Waals surface area contributed by atoms with E-state index >= 15 is 0 Å². The summed E-state index contributed by atoms with van der Waals surface area (Å²) in [4.78, 5) is 28.9. The van der Waals surface area contributed by atoms with E-state index in [1.165, 1.54) is 17.0 Å². The number of rotatable bonds is 4. The maximum absolute atomic E-state index is 12.7. The van der Waals surface area contributed by atoms with Gasteiger partial charge in [0, 0.05) is 35.5 Å². The first-order valence-electron chi connectivity index (χ1n) is 7.93. The Labute approximate surface area is 155 Å². The number of amides is 1. The number of halogens is 1. The van der Waals surface area contributed by atoms with Crippen molar-refractivity contribution < 1.29 is 14.5 Å². The number of non-ortho nitro benzene ring substituents is 1. The summed E-state index contributed by atoms with van der Waals surface area (Å²) < 4.78 is 5.63. The molecule has 0 N–H and O–H groups in total. The first-order valence-corrected chi connectivity index (χ1v) is 8.31. The van der Waals surface area contributed by atoms with Crippen LogP contribution in [0.15, 0.2) is 41.4 Å². The minimum Gasteiger partial charge on any atom is -0.483 e. The van der Waals surface area contributed by atoms with Gasteiger partial charge in [0.15, 0.2) is 6.61 Å². The highest BCUT2D eigenvalue weighted by Crippen LogP contribution is 2.26. The topological polar surface area (TPSA) is 85.0 Å². The van der Waals surface area contributed by atoms with Crippen molar-refractivity contribution in [2.75, 3.05) is 24.6 Å². The summed E-state index contributed by atoms with van der Waals surface area (Å²) in [6.45, 7) is 2.48. The van der Waals surface area contributed by atoms with Crippen LogP contribution in [0.2, 0.25) is 5.02 Å². The van der Waals surface area contributed by atoms with Crippen LogP contribution in [-0.2, 0) is 4.79 Å². The van der Waals surface area contributed by atoms with Crippen LogP contribution in [0.5, 0.6) is 5.75 Å². The fourth-order valence-corrected chi connectivity index (χ4v) is 2.92. The fraction of sp³-hybridized carbons (Fsp3) is 0.222. The number of fused-ring (bicyclic) bond motifs is 1. The maximum Gasteiger partial charge on any atom is 0.270 e. The monoisotopic (exact) mass is 373 g/mol. The molecule has 1 aliphatic heterocycles. The van der Waals surface area contributed by atoms with E-state index in [2.05, 4.69) is 4.99 Å². The molecule has 1 aliphatic rings. The van der Waals surface area contributed by atoms with Crippen LogP contribution in [0.25, 0.3) is 0 Å². The Hall–Kier alpha value is -2.93. The molecule has 0 bridgehead atoms. The SMILES string of the molecule is Cc1cc(Cl)ccc1OCC(=O)N1CCN=Cc2cc([N+](=O)[O-])ccc21. The fourth-order valence-electron chi connectivity index (χ4n) is 2.70. The summed E-state index contributed by atoms with van der Waals surface area (Å²) in [5.74, 6) is 0.331. The van der Waals surface area contributed by atoms with Gasteiger partial charge in [-0.25, -0.2) is 0 Å². The van der Waals surface area contributed by atoms with Crippen molar-refractivity contribution in [1.82, 2.24) is 0 Å². The lowest BCUT2D eigenvalue weighted by Crippen LogP contribution is -2.37. The van der Waals surface area contributed by atoms with Crippen molar-refractivity contribution in [3.05, 3.63) is 62.7 Å². The average Bonchev–Trinajstić information content (AvgIpc) is 2.82. The lowest BCUT2D eigenvalue weighted by Gasteiger charge is -2.22. The van der Waals surface area contributed by atoms with Crippen LogP contribution in [0, 0.1) is 17.0 Å². The smallest absolute Gasteiger partial charge is 0.270 e. The van der Waals surface area contributed by atoms with Gasteiger partial charge in [-0.3, -0.25) is 19.9 Å². The number of anilines is 1. The predicted octanol–water partition coefficient (Wildman–Crippen LogP) is 3.40. The van der Waals surface area contributed by atoms with E-state index < -0.39 is 4.92 Å². The molecule has 0 fully saturated rings. The van der Waals surface area contributed by atoms with E-state index in [0.717, 1.165) is 5.56 Å². The van der Waals surface area contributed by atoms with Crippen LogP contribution in [-0.4, -0.2) is 36.7 Å². The van der Waals surface area contributed by atoms with Crippen LogP contribution in [0.1, 0.15) is 11.1 Å². The van der Waals surface area contributed by atoms with Gasteiger partial charge in [-0.15, -0.1) is 0 Å². The van der Waals surface area contributed by atoms with Crippen LogP contribution in [0.4, 0.5) is 11.4 Å². The summed E-state index contributed by atoms with van der Waals surface area (Å²) >= 11 is 5.92. The minimum absolute atomic E-state index is 0.0439. The Kier molecular flexibility index (Phi) is 5.18. The Bertz CT molecular complexity index is 898. The number of nitrogens with zero attached hydrogens (tertiary/aromatic N) is 3. The minimum atomic E-state index is -0.475. The number of nitro groups is 1. The van der Waals surface area contributed by atoms with E-state index in [1.54, 1.807) is 30.5 Å². The molecule has 7 nitrogen and oxygen atoms in total. The number of carbonyl (C=O) groups is 1. The maximum atomic E-state index is 12.7. The number of aliphatic imine (C=N–C) groups is 1. The summed E-state index contributed by atoms with van der Waals surface area (Å²) in [5.41, 5.74) is 1.91. The molecular formula is C18H16ClN3O4. The van der Waals surface area contributed by atoms with E-state index in [-0.39, 0.29) is 18.2 Å². The molecule has 0 aliphatic carbocycles. The predicted molar refractivity (Wildman–Crippen MR) is 99.6 cm³/mol. The van der Waals surface area contributed by atoms with Crippen molar-refractivity contribution in [2.45, 2.75) is 6.92 Å². The van der Waals surface area contributed by atoms with Gasteiger partial charge >= 0.3 is 0 Å². The summed E-state index contributed by atoms with van der Waals surface area (Å²) in [7, 11) is 0. The molecular weight excluding hydrogens is 358 g/mol. The van der Waals surface area contributed by atoms with Gasteiger partial charge in [0.25, 0.3) is 11.6 Å². The second kappa shape index (κ2) is 7.53. The Morgan fingerprint density at radius 3 is 2.88 bits per heavy atom. The largest absolute Gasteiger partial charge is 0.483 e. The summed E-state index contributed by atoms with van der Waals surface area (Å²) in [6.07, 6.45) is 1.56. The molecule has 134 valence electrons. The van der Waals surface area contributed by atoms with E-state index in [1.807, 2.05) is 6.92 Å². The van der Waals surface area contributed by atoms with Crippen LogP contribution in [0.3, 0.4) is 0 Å². The molecule has 0 atom stereocenters. The van der Waals surface area contributed by atoms with Crippen molar-refractivity contribution in [2.24, 2.45) is 4.99 Å². The molecule has 26 heavy (non-hydrogen) atoms. The van der Waals surface area contributed by atoms with E-state index in [9.17, 15) is 14.9 Å². The summed E-state index contributed by atoms with van der Waals surface area (Å²) in [6, 6.07) is 9.53. The molecule has 1 amide bonds. The molecule has 3 rings (SSSR count). The van der Waals surface area contributed by atoms with Crippen LogP contribution >= 0.6 is 11.6 Å². The quantitative estimate of drug-likeness (QED) is 0.607. The van der Waals surface area contributed by atoms with Crippen molar-refractivity contribution in [3.8, 4) is 5.75 Å². The molecule has 1 heterocycles. The Morgan fingerprint density at radius 2 is 2.15 bits per heavy atom. The second-order valence-corrected chi connectivity index (χ2v) is 6.22. The molecule has 0 radical (unpaired) electrons. The third kappa shape index (κ3) is 3.83. The van der Waals surface area contributed by atoms with Gasteiger partial charge in [-0.05, 0) is 36.8 Å². The molecule has 8 heteroatoms. The summed E-state index contributed by atoms with van der Waals surface area (Å²) in [5, 5.41) is 11.6. The number of benzodiazepines with no additional fused rings is 1. The first-order chi connectivity index (χ1) is 12.5. The zero-order valence-corrected chi connectivity index (χ0v) is 14.8. The van der Waals surface area contributed by atoms with E-state index in [4.69, 9.17) is 16.3 Å². The van der Waals surface area contributed by atoms with Crippen molar-refractivity contribution >= 4 is 35.1 Å². The highest BCUT2D eigenvalue weighted by atomic mass is 35.5. The average molecular weight is 374 g/mol. The number of aryl methyl sites for hydroxylation is 1. The van der Waals surface area contributed by atoms with Gasteiger partial charge in [-0.1, -0.05) is 11.6 Å². The number of benzene rings is 2. The van der Waals surface area contributed by atoms with Crippen molar-refractivity contribution in [1.29, 1.82) is 0 Å². The molecule has 0 spiro atoms. The normalized spacial score (nSPS) is 13.1. The lowest BCUT2D eigenvalue weighted by molar-refractivity contribution is -0.384. The molecule has 0 unspecified atom stereocenters. The zero-order valence-electron chi connectivity index (χ0n) is 14.0. The van der Waals surface area contributed by atoms with Crippen molar-refractivity contribution in [3.63, 3.8) is 0 Å². The molecule has 0 saturated heterocycles. The van der Waals surface area contributed by atoms with Gasteiger partial charge in [0.2, 0.25) is 0 Å². The third-order valence-electron chi connectivity index (χ3n) is 3.98. The van der Waals surface area contributed by atoms with Gasteiger partial charge in [0.1, 0.15) is 5.75 Å². The molecule has 2 aromatic rings. The second-order valence-electron chi connectivity index (χ2n) is 5.78. The van der Waals surface area contributed by atoms with E-state index in [0.29, 0.717) is 35.1 Å². The third-order valence-corrected chi connectivity index (χ3v) is 4.22. The highest BCUT2D eigenvalue weighted by Gasteiger charge is 2.22. The first kappa shape index (κ1) is 17.9. The number of ether oxygens (including phenoxy) is 1. The number of carbonyl (C=O) groups excluding carboxylic acids is 1. The number of nitro benzene ring substituents is 1. The standard InChI is InChI=1S/C18H16ClN3O4/c1-12-8-14(19)2-5-17(12)26-11-18(23)21-7-6-20-10-13-9-15(22(24)25)3-4-16(13)21/h2-5,8-10H,6-7,11H2,1H3. The molecule has 0 aromatic heterocycles. The highest BCUT2D eigenvalue weighted by molar-refractivity contribution is 6.30. The number of hydrogen-bond donors (Lipinski definition) is 0. The van der Waals surface area contributed by atoms with Gasteiger partial charge in [0.05, 0.1) is 17.2 Å². The molecule has 0 saturated carbocycles. The zero-order chi connectivity index (χ0) is 18.7. The van der Waals surface area contributed by atoms with Crippen LogP contribution < -0.4 is 9.64 Å². The Balaban J connectivity index is 1.79. The Morgan fingerprint density at radius 1 is 1.35 bits per heavy atom. The number of hydrogen-bond acceptors (Lipinski definition) is 5. The van der Waals surface area contributed by atoms with Gasteiger partial charge < -0.3 is 9.64 Å². The molecule has 2 aromatic carbocycles. The lowest BCUT2D eigenvalue weighted by atomic mass is 10.1. The van der Waals surface area contributed by atoms with Gasteiger partial charge in [-0.2, -0.15) is 0 Å².